The molecule has 0 heterocycles. The third-order valence-corrected chi connectivity index (χ3v) is 6.72. The van der Waals surface area contributed by atoms with E-state index < -0.39 is 0 Å². The van der Waals surface area contributed by atoms with Gasteiger partial charge in [0.05, 0.1) is 13.2 Å². The van der Waals surface area contributed by atoms with Crippen molar-refractivity contribution >= 4 is 23.1 Å². The van der Waals surface area contributed by atoms with Gasteiger partial charge in [-0.2, -0.15) is 0 Å². The Bertz CT molecular complexity index is 1100. The second-order valence-corrected chi connectivity index (χ2v) is 9.41. The molecule has 0 saturated carbocycles. The average Bonchev–Trinajstić information content (AvgIpc) is 2.91. The second-order valence-electron chi connectivity index (χ2n) is 9.41. The maximum atomic E-state index is 13.6. The molecule has 0 aliphatic heterocycles. The summed E-state index contributed by atoms with van der Waals surface area (Å²) in [6, 6.07) is 14.9. The van der Waals surface area contributed by atoms with Gasteiger partial charge in [0, 0.05) is 33.4 Å². The van der Waals surface area contributed by atoms with Gasteiger partial charge in [-0.1, -0.05) is 101 Å². The highest BCUT2D eigenvalue weighted by atomic mass is 16.5. The lowest BCUT2D eigenvalue weighted by atomic mass is 9.83. The number of unbranched alkanes of at least 4 members (excludes halogenated alkanes) is 6. The summed E-state index contributed by atoms with van der Waals surface area (Å²) in [7, 11) is 0. The van der Waals surface area contributed by atoms with Gasteiger partial charge in [0.25, 0.3) is 0 Å². The van der Waals surface area contributed by atoms with Crippen LogP contribution in [0.1, 0.15) is 97.1 Å². The van der Waals surface area contributed by atoms with Crippen LogP contribution in [0.3, 0.4) is 0 Å². The number of ether oxygens (including phenoxy) is 2. The van der Waals surface area contributed by atoms with Crippen molar-refractivity contribution in [2.45, 2.75) is 65.2 Å². The molecule has 0 radical (unpaired) electrons. The van der Waals surface area contributed by atoms with Crippen LogP contribution in [0, 0.1) is 0 Å². The standard InChI is InChI=1S/C32H36O4/c1-3-5-7-13-19-35-29-21-27(31(33)25-17-11-9-15-23(25)29)28-22-30(36-20-14-8-6-4-2)24-16-10-12-18-26(24)32(28)34/h9-12,15-18,21-22H,3-8,13-14,19-20H2,1-2H3/b28-27+. The van der Waals surface area contributed by atoms with E-state index in [1.807, 2.05) is 48.5 Å². The summed E-state index contributed by atoms with van der Waals surface area (Å²) in [5.41, 5.74) is 3.42. The van der Waals surface area contributed by atoms with E-state index in [1.165, 1.54) is 12.8 Å². The molecule has 4 nitrogen and oxygen atoms in total. The summed E-state index contributed by atoms with van der Waals surface area (Å²) < 4.78 is 12.3. The van der Waals surface area contributed by atoms with Crippen molar-refractivity contribution in [3.8, 4) is 0 Å². The van der Waals surface area contributed by atoms with Crippen LogP contribution in [0.5, 0.6) is 0 Å². The number of fused-ring (bicyclic) bond motifs is 2. The first-order chi connectivity index (χ1) is 17.7. The fourth-order valence-electron chi connectivity index (χ4n) is 4.69. The molecule has 0 bridgehead atoms. The summed E-state index contributed by atoms with van der Waals surface area (Å²) in [6.45, 7) is 5.52. The number of carbonyl (C=O) groups is 2. The number of hydrogen-bond donors (Lipinski definition) is 0. The van der Waals surface area contributed by atoms with Gasteiger partial charge >= 0.3 is 0 Å². The van der Waals surface area contributed by atoms with E-state index in [-0.39, 0.29) is 11.6 Å². The minimum absolute atomic E-state index is 0.162. The predicted molar refractivity (Wildman–Crippen MR) is 145 cm³/mol. The lowest BCUT2D eigenvalue weighted by Crippen LogP contribution is -2.20. The lowest BCUT2D eigenvalue weighted by Gasteiger charge is -2.24. The number of ketones is 2. The smallest absolute Gasteiger partial charge is 0.194 e. The van der Waals surface area contributed by atoms with E-state index in [1.54, 1.807) is 12.2 Å². The summed E-state index contributed by atoms with van der Waals surface area (Å²) >= 11 is 0. The van der Waals surface area contributed by atoms with Crippen molar-refractivity contribution in [1.29, 1.82) is 0 Å². The molecule has 2 aromatic rings. The summed E-state index contributed by atoms with van der Waals surface area (Å²) in [5.74, 6) is 0.966. The lowest BCUT2D eigenvalue weighted by molar-refractivity contribution is 0.100. The summed E-state index contributed by atoms with van der Waals surface area (Å²) in [5, 5.41) is 0. The van der Waals surface area contributed by atoms with E-state index in [0.717, 1.165) is 49.7 Å². The Labute approximate surface area is 214 Å². The Morgan fingerprint density at radius 1 is 0.528 bits per heavy atom. The average molecular weight is 485 g/mol. The molecule has 4 heteroatoms. The number of Topliss-reactive ketones (excluding diaryl/α,β-unsaturated/α-hetero) is 2. The van der Waals surface area contributed by atoms with Crippen LogP contribution >= 0.6 is 0 Å². The van der Waals surface area contributed by atoms with Crippen LogP contribution in [0.25, 0.3) is 11.5 Å². The molecule has 188 valence electrons. The first-order valence-electron chi connectivity index (χ1n) is 13.4. The van der Waals surface area contributed by atoms with Gasteiger partial charge in [-0.25, -0.2) is 0 Å². The molecular formula is C32H36O4. The molecule has 2 aliphatic rings. The molecule has 2 aliphatic carbocycles. The zero-order chi connectivity index (χ0) is 25.3. The van der Waals surface area contributed by atoms with Crippen LogP contribution in [-0.2, 0) is 9.47 Å². The number of hydrogen-bond acceptors (Lipinski definition) is 4. The van der Waals surface area contributed by atoms with Gasteiger partial charge in [0.2, 0.25) is 0 Å². The maximum Gasteiger partial charge on any atom is 0.194 e. The molecule has 0 fully saturated rings. The van der Waals surface area contributed by atoms with E-state index in [9.17, 15) is 9.59 Å². The molecule has 0 amide bonds. The number of rotatable bonds is 12. The van der Waals surface area contributed by atoms with Crippen LogP contribution in [0.4, 0.5) is 0 Å². The van der Waals surface area contributed by atoms with Gasteiger partial charge in [-0.3, -0.25) is 9.59 Å². The SMILES string of the molecule is CCCCCCOC1=C/C(=C2/C=C(OCCCCCC)c3ccccc3C2=O)C(=O)c2ccccc21. The third kappa shape index (κ3) is 5.70. The van der Waals surface area contributed by atoms with Crippen molar-refractivity contribution in [3.63, 3.8) is 0 Å². The minimum Gasteiger partial charge on any atom is -0.493 e. The van der Waals surface area contributed by atoms with Crippen molar-refractivity contribution in [3.05, 3.63) is 94.1 Å². The number of carbonyl (C=O) groups excluding carboxylic acids is 2. The summed E-state index contributed by atoms with van der Waals surface area (Å²) in [6.07, 6.45) is 12.3. The monoisotopic (exact) mass is 484 g/mol. The van der Waals surface area contributed by atoms with Crippen LogP contribution in [0.15, 0.2) is 71.8 Å². The molecule has 0 aromatic heterocycles. The second kappa shape index (κ2) is 12.5. The molecular weight excluding hydrogens is 448 g/mol. The van der Waals surface area contributed by atoms with Crippen LogP contribution in [0.2, 0.25) is 0 Å². The van der Waals surface area contributed by atoms with Gasteiger partial charge in [0.15, 0.2) is 11.6 Å². The predicted octanol–water partition coefficient (Wildman–Crippen LogP) is 7.95. The van der Waals surface area contributed by atoms with Crippen molar-refractivity contribution in [2.75, 3.05) is 13.2 Å². The molecule has 0 atom stereocenters. The largest absolute Gasteiger partial charge is 0.493 e. The van der Waals surface area contributed by atoms with Crippen molar-refractivity contribution in [1.82, 2.24) is 0 Å². The Balaban J connectivity index is 1.71. The highest BCUT2D eigenvalue weighted by Crippen LogP contribution is 2.36. The molecule has 2 aromatic carbocycles. The van der Waals surface area contributed by atoms with Gasteiger partial charge in [-0.05, 0) is 25.0 Å². The molecule has 4 rings (SSSR count). The van der Waals surface area contributed by atoms with Crippen LogP contribution < -0.4 is 0 Å². The quantitative estimate of drug-likeness (QED) is 0.227. The van der Waals surface area contributed by atoms with E-state index in [0.29, 0.717) is 47.0 Å². The van der Waals surface area contributed by atoms with Crippen molar-refractivity contribution < 1.29 is 19.1 Å². The highest BCUT2D eigenvalue weighted by Gasteiger charge is 2.32. The Kier molecular flexibility index (Phi) is 8.94. The molecule has 0 unspecified atom stereocenters. The Hall–Kier alpha value is -3.40. The number of allylic oxidation sites excluding steroid dienone is 4. The van der Waals surface area contributed by atoms with E-state index in [2.05, 4.69) is 13.8 Å². The van der Waals surface area contributed by atoms with E-state index >= 15 is 0 Å². The van der Waals surface area contributed by atoms with Crippen molar-refractivity contribution in [2.24, 2.45) is 0 Å². The molecule has 0 N–H and O–H groups in total. The third-order valence-electron chi connectivity index (χ3n) is 6.72. The highest BCUT2D eigenvalue weighted by molar-refractivity contribution is 6.25. The van der Waals surface area contributed by atoms with Gasteiger partial charge in [-0.15, -0.1) is 0 Å². The van der Waals surface area contributed by atoms with Gasteiger partial charge in [0.1, 0.15) is 11.5 Å². The van der Waals surface area contributed by atoms with Crippen LogP contribution in [-0.4, -0.2) is 24.8 Å². The normalized spacial score (nSPS) is 16.7. The zero-order valence-corrected chi connectivity index (χ0v) is 21.5. The fourth-order valence-corrected chi connectivity index (χ4v) is 4.69. The van der Waals surface area contributed by atoms with E-state index in [4.69, 9.17) is 9.47 Å². The first-order valence-corrected chi connectivity index (χ1v) is 13.4. The summed E-state index contributed by atoms with van der Waals surface area (Å²) in [4.78, 5) is 27.2. The Morgan fingerprint density at radius 3 is 1.31 bits per heavy atom. The van der Waals surface area contributed by atoms with Gasteiger partial charge < -0.3 is 9.47 Å². The maximum absolute atomic E-state index is 13.6. The molecule has 0 spiro atoms. The number of benzene rings is 2. The molecule has 0 saturated heterocycles. The Morgan fingerprint density at radius 2 is 0.917 bits per heavy atom. The molecule has 36 heavy (non-hydrogen) atoms. The fraction of sp³-hybridized carbons (Fsp3) is 0.375. The topological polar surface area (TPSA) is 52.6 Å². The first kappa shape index (κ1) is 25.7. The minimum atomic E-state index is -0.162. The zero-order valence-electron chi connectivity index (χ0n) is 21.5.